The van der Waals surface area contributed by atoms with Crippen LogP contribution in [0, 0.1) is 0 Å². The number of aromatic nitrogens is 2. The van der Waals surface area contributed by atoms with Crippen LogP contribution in [0.1, 0.15) is 38.8 Å². The van der Waals surface area contributed by atoms with E-state index in [-0.39, 0.29) is 30.6 Å². The molecule has 0 atom stereocenters. The quantitative estimate of drug-likeness (QED) is 0.288. The van der Waals surface area contributed by atoms with Gasteiger partial charge in [-0.05, 0) is 41.5 Å². The van der Waals surface area contributed by atoms with Crippen LogP contribution in [0.2, 0.25) is 0 Å². The van der Waals surface area contributed by atoms with Crippen LogP contribution in [0.15, 0.2) is 83.6 Å². The number of pyridine rings is 1. The van der Waals surface area contributed by atoms with Crippen molar-refractivity contribution in [3.63, 3.8) is 0 Å². The summed E-state index contributed by atoms with van der Waals surface area (Å²) in [6, 6.07) is 18.2. The number of nitrogens with one attached hydrogen (secondary N) is 1. The van der Waals surface area contributed by atoms with Gasteiger partial charge in [0.1, 0.15) is 12.0 Å². The third kappa shape index (κ3) is 7.66. The molecule has 198 valence electrons. The zero-order valence-electron chi connectivity index (χ0n) is 20.7. The number of carbonyl (C=O) groups excluding carboxylic acids is 1. The summed E-state index contributed by atoms with van der Waals surface area (Å²) in [4.78, 5) is 22.9. The van der Waals surface area contributed by atoms with E-state index >= 15 is 0 Å². The van der Waals surface area contributed by atoms with Gasteiger partial charge in [0.15, 0.2) is 5.69 Å². The number of rotatable bonds is 11. The third-order valence-electron chi connectivity index (χ3n) is 5.76. The number of hydrogen-bond donors (Lipinski definition) is 1. The number of halogens is 3. The number of amides is 1. The first kappa shape index (κ1) is 26.9. The van der Waals surface area contributed by atoms with Gasteiger partial charge in [0.2, 0.25) is 5.89 Å². The maximum Gasteiger partial charge on any atom is 0.416 e. The molecule has 0 saturated heterocycles. The normalized spacial score (nSPS) is 11.5. The Hall–Kier alpha value is -4.18. The summed E-state index contributed by atoms with van der Waals surface area (Å²) in [6.07, 6.45) is -0.887. The third-order valence-corrected chi connectivity index (χ3v) is 5.76. The van der Waals surface area contributed by atoms with Crippen molar-refractivity contribution in [3.05, 3.63) is 113 Å². The molecule has 0 unspecified atom stereocenters. The molecule has 10 heteroatoms. The first-order valence-corrected chi connectivity index (χ1v) is 11.9. The van der Waals surface area contributed by atoms with Crippen molar-refractivity contribution in [1.82, 2.24) is 20.2 Å². The Kier molecular flexibility index (Phi) is 8.75. The Morgan fingerprint density at radius 2 is 1.79 bits per heavy atom. The van der Waals surface area contributed by atoms with Gasteiger partial charge in [0.05, 0.1) is 19.2 Å². The maximum absolute atomic E-state index is 13.2. The van der Waals surface area contributed by atoms with E-state index in [1.165, 1.54) is 12.3 Å². The molecule has 0 fully saturated rings. The summed E-state index contributed by atoms with van der Waals surface area (Å²) in [5.74, 6) is 0.598. The second-order valence-corrected chi connectivity index (χ2v) is 8.64. The second kappa shape index (κ2) is 12.4. The Morgan fingerprint density at radius 3 is 2.50 bits per heavy atom. The minimum atomic E-state index is -4.43. The number of methoxy groups -OCH3 is 1. The van der Waals surface area contributed by atoms with Gasteiger partial charge in [0, 0.05) is 37.9 Å². The molecule has 4 rings (SSSR count). The smallest absolute Gasteiger partial charge is 0.416 e. The van der Waals surface area contributed by atoms with Gasteiger partial charge in [0.25, 0.3) is 5.91 Å². The lowest BCUT2D eigenvalue weighted by Crippen LogP contribution is -2.26. The molecular weight excluding hydrogens is 497 g/mol. The van der Waals surface area contributed by atoms with E-state index in [1.54, 1.807) is 19.4 Å². The summed E-state index contributed by atoms with van der Waals surface area (Å²) in [6.45, 7) is 1.19. The Balaban J connectivity index is 1.44. The number of hydrogen-bond acceptors (Lipinski definition) is 6. The highest BCUT2D eigenvalue weighted by molar-refractivity contribution is 5.91. The molecule has 0 saturated carbocycles. The van der Waals surface area contributed by atoms with Crippen LogP contribution in [-0.2, 0) is 32.2 Å². The molecule has 0 aliphatic carbocycles. The van der Waals surface area contributed by atoms with Gasteiger partial charge in [-0.15, -0.1) is 0 Å². The highest BCUT2D eigenvalue weighted by atomic mass is 19.4. The number of oxazole rings is 1. The number of nitrogens with zero attached hydrogens (tertiary/aromatic N) is 3. The number of benzene rings is 2. The van der Waals surface area contributed by atoms with E-state index in [2.05, 4.69) is 15.3 Å². The van der Waals surface area contributed by atoms with Crippen LogP contribution < -0.4 is 10.1 Å². The van der Waals surface area contributed by atoms with Crippen molar-refractivity contribution in [3.8, 4) is 5.75 Å². The van der Waals surface area contributed by atoms with Gasteiger partial charge in [-0.2, -0.15) is 13.2 Å². The standard InChI is InChI=1S/C28H27F3N4O3/c1-37-24-10-8-20(9-11-24)16-35(17-21-5-4-6-22(15-21)28(29,30)31)18-26-34-25(19-38-26)27(36)33-14-12-23-7-2-3-13-32-23/h2-11,13,15,19H,12,14,16-18H2,1H3,(H,33,36). The van der Waals surface area contributed by atoms with Gasteiger partial charge >= 0.3 is 6.18 Å². The Labute approximate surface area is 218 Å². The molecule has 2 aromatic carbocycles. The van der Waals surface area contributed by atoms with Crippen LogP contribution >= 0.6 is 0 Å². The molecule has 38 heavy (non-hydrogen) atoms. The molecule has 0 spiro atoms. The lowest BCUT2D eigenvalue weighted by atomic mass is 10.1. The second-order valence-electron chi connectivity index (χ2n) is 8.64. The first-order valence-electron chi connectivity index (χ1n) is 11.9. The van der Waals surface area contributed by atoms with E-state index in [4.69, 9.17) is 9.15 Å². The topological polar surface area (TPSA) is 80.5 Å². The SMILES string of the molecule is COc1ccc(CN(Cc2cccc(C(F)(F)F)c2)Cc2nc(C(=O)NCCc3ccccn3)co2)cc1. The van der Waals surface area contributed by atoms with Crippen LogP contribution in [0.5, 0.6) is 5.75 Å². The minimum absolute atomic E-state index is 0.129. The average Bonchev–Trinajstić information content (AvgIpc) is 3.38. The average molecular weight is 525 g/mol. The van der Waals surface area contributed by atoms with E-state index < -0.39 is 11.7 Å². The van der Waals surface area contributed by atoms with Crippen LogP contribution in [0.4, 0.5) is 13.2 Å². The van der Waals surface area contributed by atoms with Gasteiger partial charge < -0.3 is 14.5 Å². The molecular formula is C28H27F3N4O3. The molecule has 7 nitrogen and oxygen atoms in total. The van der Waals surface area contributed by atoms with Gasteiger partial charge in [-0.3, -0.25) is 14.7 Å². The molecule has 4 aromatic rings. The van der Waals surface area contributed by atoms with Crippen LogP contribution in [-0.4, -0.2) is 34.4 Å². The van der Waals surface area contributed by atoms with Crippen molar-refractivity contribution >= 4 is 5.91 Å². The van der Waals surface area contributed by atoms with E-state index in [9.17, 15) is 18.0 Å². The number of ether oxygens (including phenoxy) is 1. The van der Waals surface area contributed by atoms with Crippen molar-refractivity contribution in [1.29, 1.82) is 0 Å². The molecule has 0 aliphatic heterocycles. The lowest BCUT2D eigenvalue weighted by Gasteiger charge is -2.22. The fourth-order valence-electron chi connectivity index (χ4n) is 3.88. The fourth-order valence-corrected chi connectivity index (χ4v) is 3.88. The Morgan fingerprint density at radius 1 is 1.00 bits per heavy atom. The molecule has 0 radical (unpaired) electrons. The monoisotopic (exact) mass is 524 g/mol. The highest BCUT2D eigenvalue weighted by Crippen LogP contribution is 2.30. The maximum atomic E-state index is 13.2. The summed E-state index contributed by atoms with van der Waals surface area (Å²) < 4.78 is 50.5. The molecule has 0 aliphatic rings. The van der Waals surface area contributed by atoms with E-state index in [0.717, 1.165) is 23.4 Å². The van der Waals surface area contributed by atoms with Crippen molar-refractivity contribution in [2.75, 3.05) is 13.7 Å². The Bertz CT molecular complexity index is 1330. The van der Waals surface area contributed by atoms with Crippen LogP contribution in [0.25, 0.3) is 0 Å². The van der Waals surface area contributed by atoms with E-state index in [1.807, 2.05) is 47.4 Å². The minimum Gasteiger partial charge on any atom is -0.497 e. The summed E-state index contributed by atoms with van der Waals surface area (Å²) >= 11 is 0. The molecule has 2 aromatic heterocycles. The zero-order chi connectivity index (χ0) is 27.0. The van der Waals surface area contributed by atoms with Crippen molar-refractivity contribution in [2.45, 2.75) is 32.2 Å². The molecule has 1 N–H and O–H groups in total. The molecule has 0 bridgehead atoms. The summed E-state index contributed by atoms with van der Waals surface area (Å²) in [7, 11) is 1.57. The molecule has 1 amide bonds. The predicted molar refractivity (Wildman–Crippen MR) is 134 cm³/mol. The predicted octanol–water partition coefficient (Wildman–Crippen LogP) is 5.27. The fraction of sp³-hybridized carbons (Fsp3) is 0.250. The molecule has 2 heterocycles. The summed E-state index contributed by atoms with van der Waals surface area (Å²) in [5, 5.41) is 2.79. The van der Waals surface area contributed by atoms with Crippen LogP contribution in [0.3, 0.4) is 0 Å². The van der Waals surface area contributed by atoms with Gasteiger partial charge in [-0.25, -0.2) is 4.98 Å². The van der Waals surface area contributed by atoms with Crippen molar-refractivity contribution in [2.24, 2.45) is 0 Å². The van der Waals surface area contributed by atoms with Crippen molar-refractivity contribution < 1.29 is 27.1 Å². The highest BCUT2D eigenvalue weighted by Gasteiger charge is 2.30. The van der Waals surface area contributed by atoms with E-state index in [0.29, 0.717) is 30.8 Å². The summed E-state index contributed by atoms with van der Waals surface area (Å²) in [5.41, 5.74) is 1.70. The number of alkyl halides is 3. The largest absolute Gasteiger partial charge is 0.497 e. The van der Waals surface area contributed by atoms with Gasteiger partial charge in [-0.1, -0.05) is 36.4 Å². The number of carbonyl (C=O) groups is 1. The first-order chi connectivity index (χ1) is 18.3. The lowest BCUT2D eigenvalue weighted by molar-refractivity contribution is -0.137. The zero-order valence-corrected chi connectivity index (χ0v) is 20.7.